The minimum Gasteiger partial charge on any atom is -0.497 e. The molecule has 2 heteroatoms. The molecule has 2 nitrogen and oxygen atoms in total. The maximum absolute atomic E-state index is 6.33. The van der Waals surface area contributed by atoms with Crippen LogP contribution in [0.5, 0.6) is 5.75 Å². The van der Waals surface area contributed by atoms with Crippen molar-refractivity contribution in [2.24, 2.45) is 5.73 Å². The van der Waals surface area contributed by atoms with Gasteiger partial charge in [-0.2, -0.15) is 0 Å². The van der Waals surface area contributed by atoms with Gasteiger partial charge in [-0.3, -0.25) is 0 Å². The lowest BCUT2D eigenvalue weighted by Crippen LogP contribution is -2.27. The number of hydrogen-bond donors (Lipinski definition) is 1. The number of benzene rings is 2. The molecule has 0 bridgehead atoms. The van der Waals surface area contributed by atoms with Gasteiger partial charge in [0, 0.05) is 6.04 Å². The Morgan fingerprint density at radius 1 is 1.00 bits per heavy atom. The zero-order valence-corrected chi connectivity index (χ0v) is 12.3. The van der Waals surface area contributed by atoms with E-state index in [1.54, 1.807) is 7.11 Å². The largest absolute Gasteiger partial charge is 0.497 e. The van der Waals surface area contributed by atoms with E-state index in [4.69, 9.17) is 10.5 Å². The highest BCUT2D eigenvalue weighted by Crippen LogP contribution is 2.21. The average Bonchev–Trinajstić information content (AvgIpc) is 2.53. The third kappa shape index (κ3) is 3.84. The number of aryl methyl sites for hydroxylation is 1. The Hall–Kier alpha value is -1.80. The van der Waals surface area contributed by atoms with Gasteiger partial charge >= 0.3 is 0 Å². The fourth-order valence-corrected chi connectivity index (χ4v) is 2.38. The van der Waals surface area contributed by atoms with E-state index >= 15 is 0 Å². The number of methoxy groups -OCH3 is 1. The molecular formula is C18H23NO. The van der Waals surface area contributed by atoms with Crippen LogP contribution < -0.4 is 10.5 Å². The smallest absolute Gasteiger partial charge is 0.118 e. The molecule has 2 aromatic rings. The van der Waals surface area contributed by atoms with E-state index in [0.29, 0.717) is 5.92 Å². The molecule has 2 aromatic carbocycles. The zero-order valence-electron chi connectivity index (χ0n) is 12.3. The average molecular weight is 269 g/mol. The monoisotopic (exact) mass is 269 g/mol. The van der Waals surface area contributed by atoms with Gasteiger partial charge in [0.15, 0.2) is 0 Å². The van der Waals surface area contributed by atoms with Crippen LogP contribution in [-0.4, -0.2) is 13.2 Å². The highest BCUT2D eigenvalue weighted by atomic mass is 16.5. The topological polar surface area (TPSA) is 35.2 Å². The molecule has 0 heterocycles. The van der Waals surface area contributed by atoms with E-state index in [-0.39, 0.29) is 6.04 Å². The predicted molar refractivity (Wildman–Crippen MR) is 84.1 cm³/mol. The Kier molecular flexibility index (Phi) is 5.19. The van der Waals surface area contributed by atoms with E-state index in [2.05, 4.69) is 43.3 Å². The van der Waals surface area contributed by atoms with Crippen LogP contribution in [0.2, 0.25) is 0 Å². The standard InChI is InChI=1S/C18H23NO/c1-14(16-6-4-3-5-7-16)18(19)13-10-15-8-11-17(20-2)12-9-15/h3-9,11-12,14,18H,10,13,19H2,1-2H3. The van der Waals surface area contributed by atoms with Gasteiger partial charge in [0.1, 0.15) is 5.75 Å². The minimum absolute atomic E-state index is 0.180. The van der Waals surface area contributed by atoms with Gasteiger partial charge in [0.2, 0.25) is 0 Å². The van der Waals surface area contributed by atoms with E-state index in [1.807, 2.05) is 18.2 Å². The summed E-state index contributed by atoms with van der Waals surface area (Å²) in [5.41, 5.74) is 8.95. The molecule has 2 unspecified atom stereocenters. The molecule has 0 aliphatic rings. The van der Waals surface area contributed by atoms with E-state index in [9.17, 15) is 0 Å². The summed E-state index contributed by atoms with van der Waals surface area (Å²) in [6.45, 7) is 2.20. The van der Waals surface area contributed by atoms with Crippen molar-refractivity contribution in [2.45, 2.75) is 31.7 Å². The highest BCUT2D eigenvalue weighted by Gasteiger charge is 2.14. The molecule has 0 saturated carbocycles. The Morgan fingerprint density at radius 2 is 1.65 bits per heavy atom. The van der Waals surface area contributed by atoms with Gasteiger partial charge < -0.3 is 10.5 Å². The lowest BCUT2D eigenvalue weighted by atomic mass is 9.90. The molecular weight excluding hydrogens is 246 g/mol. The molecule has 2 rings (SSSR count). The number of nitrogens with two attached hydrogens (primary N) is 1. The lowest BCUT2D eigenvalue weighted by Gasteiger charge is -2.20. The molecule has 0 aromatic heterocycles. The quantitative estimate of drug-likeness (QED) is 0.866. The summed E-state index contributed by atoms with van der Waals surface area (Å²) in [4.78, 5) is 0. The maximum Gasteiger partial charge on any atom is 0.118 e. The first-order valence-corrected chi connectivity index (χ1v) is 7.14. The van der Waals surface area contributed by atoms with E-state index in [1.165, 1.54) is 11.1 Å². The molecule has 20 heavy (non-hydrogen) atoms. The molecule has 106 valence electrons. The van der Waals surface area contributed by atoms with Crippen molar-refractivity contribution >= 4 is 0 Å². The lowest BCUT2D eigenvalue weighted by molar-refractivity contribution is 0.414. The SMILES string of the molecule is COc1ccc(CCC(N)C(C)c2ccccc2)cc1. The van der Waals surface area contributed by atoms with Crippen molar-refractivity contribution in [3.8, 4) is 5.75 Å². The summed E-state index contributed by atoms with van der Waals surface area (Å²) in [6.07, 6.45) is 1.99. The first-order chi connectivity index (χ1) is 9.70. The Bertz CT molecular complexity index is 507. The molecule has 0 amide bonds. The molecule has 0 radical (unpaired) electrons. The summed E-state index contributed by atoms with van der Waals surface area (Å²) >= 11 is 0. The van der Waals surface area contributed by atoms with Crippen LogP contribution in [-0.2, 0) is 6.42 Å². The van der Waals surface area contributed by atoms with Crippen LogP contribution in [0, 0.1) is 0 Å². The van der Waals surface area contributed by atoms with Crippen LogP contribution >= 0.6 is 0 Å². The van der Waals surface area contributed by atoms with Crippen molar-refractivity contribution in [3.05, 3.63) is 65.7 Å². The summed E-state index contributed by atoms with van der Waals surface area (Å²) in [6, 6.07) is 18.9. The maximum atomic E-state index is 6.33. The fraction of sp³-hybridized carbons (Fsp3) is 0.333. The third-order valence-corrected chi connectivity index (χ3v) is 3.89. The summed E-state index contributed by atoms with van der Waals surface area (Å²) in [5, 5.41) is 0. The third-order valence-electron chi connectivity index (χ3n) is 3.89. The van der Waals surface area contributed by atoms with Crippen LogP contribution in [0.15, 0.2) is 54.6 Å². The molecule has 0 saturated heterocycles. The molecule has 0 spiro atoms. The minimum atomic E-state index is 0.180. The Morgan fingerprint density at radius 3 is 2.25 bits per heavy atom. The summed E-state index contributed by atoms with van der Waals surface area (Å²) in [5.74, 6) is 1.28. The van der Waals surface area contributed by atoms with Crippen molar-refractivity contribution < 1.29 is 4.74 Å². The molecule has 0 fully saturated rings. The van der Waals surface area contributed by atoms with Crippen molar-refractivity contribution in [1.82, 2.24) is 0 Å². The molecule has 2 N–H and O–H groups in total. The van der Waals surface area contributed by atoms with Gasteiger partial charge in [0.25, 0.3) is 0 Å². The van der Waals surface area contributed by atoms with Gasteiger partial charge in [-0.1, -0.05) is 49.4 Å². The molecule has 0 aliphatic carbocycles. The van der Waals surface area contributed by atoms with E-state index < -0.39 is 0 Å². The molecule has 0 aliphatic heterocycles. The number of ether oxygens (including phenoxy) is 1. The Labute approximate surface area is 121 Å². The zero-order chi connectivity index (χ0) is 14.4. The van der Waals surface area contributed by atoms with Crippen molar-refractivity contribution in [2.75, 3.05) is 7.11 Å². The number of hydrogen-bond acceptors (Lipinski definition) is 2. The second-order valence-corrected chi connectivity index (χ2v) is 5.25. The second kappa shape index (κ2) is 7.11. The van der Waals surface area contributed by atoms with Gasteiger partial charge in [-0.15, -0.1) is 0 Å². The van der Waals surface area contributed by atoms with Crippen molar-refractivity contribution in [1.29, 1.82) is 0 Å². The second-order valence-electron chi connectivity index (χ2n) is 5.25. The van der Waals surface area contributed by atoms with Crippen LogP contribution in [0.25, 0.3) is 0 Å². The predicted octanol–water partition coefficient (Wildman–Crippen LogP) is 3.76. The van der Waals surface area contributed by atoms with Gasteiger partial charge in [-0.05, 0) is 42.0 Å². The molecule has 2 atom stereocenters. The van der Waals surface area contributed by atoms with Gasteiger partial charge in [-0.25, -0.2) is 0 Å². The number of rotatable bonds is 6. The van der Waals surface area contributed by atoms with Gasteiger partial charge in [0.05, 0.1) is 7.11 Å². The normalized spacial score (nSPS) is 13.8. The van der Waals surface area contributed by atoms with Crippen LogP contribution in [0.3, 0.4) is 0 Å². The first-order valence-electron chi connectivity index (χ1n) is 7.14. The summed E-state index contributed by atoms with van der Waals surface area (Å²) in [7, 11) is 1.69. The van der Waals surface area contributed by atoms with E-state index in [0.717, 1.165) is 18.6 Å². The Balaban J connectivity index is 1.89. The van der Waals surface area contributed by atoms with Crippen LogP contribution in [0.1, 0.15) is 30.4 Å². The van der Waals surface area contributed by atoms with Crippen LogP contribution in [0.4, 0.5) is 0 Å². The summed E-state index contributed by atoms with van der Waals surface area (Å²) < 4.78 is 5.17. The fourth-order valence-electron chi connectivity index (χ4n) is 2.38. The van der Waals surface area contributed by atoms with Crippen molar-refractivity contribution in [3.63, 3.8) is 0 Å². The first kappa shape index (κ1) is 14.6. The highest BCUT2D eigenvalue weighted by molar-refractivity contribution is 5.27.